The van der Waals surface area contributed by atoms with Crippen LogP contribution in [0.15, 0.2) is 42.5 Å². The molecule has 0 unspecified atom stereocenters. The highest BCUT2D eigenvalue weighted by atomic mass is 16.5. The molecule has 2 amide bonds. The quantitative estimate of drug-likeness (QED) is 0.806. The van der Waals surface area contributed by atoms with Gasteiger partial charge in [0.25, 0.3) is 5.91 Å². The van der Waals surface area contributed by atoms with Crippen LogP contribution in [0, 0.1) is 0 Å². The van der Waals surface area contributed by atoms with Crippen molar-refractivity contribution in [3.63, 3.8) is 0 Å². The van der Waals surface area contributed by atoms with Crippen LogP contribution in [0.25, 0.3) is 0 Å². The molecule has 7 heteroatoms. The summed E-state index contributed by atoms with van der Waals surface area (Å²) < 4.78 is 16.0. The molecule has 0 spiro atoms. The van der Waals surface area contributed by atoms with E-state index in [2.05, 4.69) is 5.32 Å². The average Bonchev–Trinajstić information content (AvgIpc) is 2.75. The monoisotopic (exact) mass is 398 g/mol. The van der Waals surface area contributed by atoms with Crippen molar-refractivity contribution < 1.29 is 23.8 Å². The van der Waals surface area contributed by atoms with Gasteiger partial charge in [-0.05, 0) is 49.2 Å². The lowest BCUT2D eigenvalue weighted by Gasteiger charge is -2.33. The smallest absolute Gasteiger partial charge is 0.263 e. The Kier molecular flexibility index (Phi) is 6.72. The van der Waals surface area contributed by atoms with Gasteiger partial charge in [0.1, 0.15) is 17.1 Å². The third kappa shape index (κ3) is 4.68. The number of methoxy groups -OCH3 is 2. The van der Waals surface area contributed by atoms with Crippen molar-refractivity contribution in [1.82, 2.24) is 0 Å². The number of benzene rings is 2. The van der Waals surface area contributed by atoms with Gasteiger partial charge in [-0.25, -0.2) is 0 Å². The van der Waals surface area contributed by atoms with Crippen molar-refractivity contribution in [2.75, 3.05) is 37.7 Å². The summed E-state index contributed by atoms with van der Waals surface area (Å²) in [6.07, 6.45) is 1.62. The van der Waals surface area contributed by atoms with Crippen LogP contribution in [0.3, 0.4) is 0 Å². The summed E-state index contributed by atoms with van der Waals surface area (Å²) in [5.74, 6) is 0.522. The molecule has 0 bridgehead atoms. The molecule has 1 saturated heterocycles. The van der Waals surface area contributed by atoms with Gasteiger partial charge in [-0.1, -0.05) is 6.07 Å². The third-order valence-corrected chi connectivity index (χ3v) is 4.95. The van der Waals surface area contributed by atoms with Gasteiger partial charge >= 0.3 is 0 Å². The Bertz CT molecular complexity index is 838. The Balaban J connectivity index is 1.78. The minimum absolute atomic E-state index is 0.00700. The number of ether oxygens (including phenoxy) is 3. The third-order valence-electron chi connectivity index (χ3n) is 4.95. The van der Waals surface area contributed by atoms with Crippen LogP contribution in [0.1, 0.15) is 30.1 Å². The number of carbonyl (C=O) groups is 2. The number of hydrogen-bond acceptors (Lipinski definition) is 5. The minimum atomic E-state index is -0.333. The molecule has 2 aromatic carbocycles. The molecule has 1 heterocycles. The van der Waals surface area contributed by atoms with Crippen molar-refractivity contribution in [2.45, 2.75) is 25.8 Å². The first kappa shape index (κ1) is 20.7. The van der Waals surface area contributed by atoms with Crippen molar-refractivity contribution in [3.8, 4) is 11.5 Å². The molecule has 3 rings (SSSR count). The number of rotatable bonds is 6. The fraction of sp³-hybridized carbons (Fsp3) is 0.364. The second-order valence-corrected chi connectivity index (χ2v) is 6.77. The van der Waals surface area contributed by atoms with Gasteiger partial charge in [-0.3, -0.25) is 9.59 Å². The molecule has 7 nitrogen and oxygen atoms in total. The van der Waals surface area contributed by atoms with Crippen LogP contribution < -0.4 is 19.7 Å². The molecule has 1 fully saturated rings. The fourth-order valence-corrected chi connectivity index (χ4v) is 3.57. The number of hydrogen-bond donors (Lipinski definition) is 1. The zero-order valence-electron chi connectivity index (χ0n) is 16.9. The van der Waals surface area contributed by atoms with Crippen LogP contribution >= 0.6 is 0 Å². The topological polar surface area (TPSA) is 77.1 Å². The molecule has 0 saturated carbocycles. The summed E-state index contributed by atoms with van der Waals surface area (Å²) in [6, 6.07) is 12.5. The van der Waals surface area contributed by atoms with Crippen LogP contribution in [0.4, 0.5) is 11.4 Å². The maximum atomic E-state index is 12.8. The average molecular weight is 398 g/mol. The molecule has 1 aliphatic heterocycles. The lowest BCUT2D eigenvalue weighted by molar-refractivity contribution is -0.117. The number of amides is 2. The maximum absolute atomic E-state index is 12.8. The van der Waals surface area contributed by atoms with Gasteiger partial charge in [0.2, 0.25) is 5.91 Å². The second kappa shape index (κ2) is 9.43. The molecule has 1 aliphatic rings. The summed E-state index contributed by atoms with van der Waals surface area (Å²) in [4.78, 5) is 26.8. The van der Waals surface area contributed by atoms with Crippen LogP contribution in [-0.4, -0.2) is 45.3 Å². The zero-order valence-corrected chi connectivity index (χ0v) is 16.9. The summed E-state index contributed by atoms with van der Waals surface area (Å²) in [6.45, 7) is 2.88. The van der Waals surface area contributed by atoms with E-state index < -0.39 is 0 Å². The predicted molar refractivity (Wildman–Crippen MR) is 111 cm³/mol. The van der Waals surface area contributed by atoms with Gasteiger partial charge in [-0.15, -0.1) is 0 Å². The summed E-state index contributed by atoms with van der Waals surface area (Å²) in [5, 5.41) is 2.86. The van der Waals surface area contributed by atoms with Gasteiger partial charge in [0.15, 0.2) is 0 Å². The minimum Gasteiger partial charge on any atom is -0.496 e. The van der Waals surface area contributed by atoms with E-state index in [4.69, 9.17) is 14.2 Å². The summed E-state index contributed by atoms with van der Waals surface area (Å²) in [5.41, 5.74) is 1.74. The van der Waals surface area contributed by atoms with Gasteiger partial charge < -0.3 is 24.4 Å². The lowest BCUT2D eigenvalue weighted by Crippen LogP contribution is -2.42. The van der Waals surface area contributed by atoms with E-state index in [0.29, 0.717) is 36.0 Å². The second-order valence-electron chi connectivity index (χ2n) is 6.77. The predicted octanol–water partition coefficient (Wildman–Crippen LogP) is 3.49. The molecular weight excluding hydrogens is 372 g/mol. The maximum Gasteiger partial charge on any atom is 0.263 e. The van der Waals surface area contributed by atoms with E-state index in [1.165, 1.54) is 14.2 Å². The lowest BCUT2D eigenvalue weighted by atomic mass is 10.1. The first-order valence-corrected chi connectivity index (χ1v) is 9.55. The van der Waals surface area contributed by atoms with E-state index in [1.54, 1.807) is 42.2 Å². The highest BCUT2D eigenvalue weighted by Gasteiger charge is 2.25. The number of nitrogens with one attached hydrogen (secondary N) is 1. The van der Waals surface area contributed by atoms with Crippen molar-refractivity contribution in [1.29, 1.82) is 0 Å². The Morgan fingerprint density at radius 1 is 1.00 bits per heavy atom. The Morgan fingerprint density at radius 3 is 2.10 bits per heavy atom. The highest BCUT2D eigenvalue weighted by Crippen LogP contribution is 2.30. The number of nitrogens with zero attached hydrogens (tertiary/aromatic N) is 1. The molecule has 0 radical (unpaired) electrons. The van der Waals surface area contributed by atoms with Gasteiger partial charge in [0, 0.05) is 37.6 Å². The first-order chi connectivity index (χ1) is 14.0. The van der Waals surface area contributed by atoms with Crippen molar-refractivity contribution >= 4 is 23.2 Å². The number of carbonyl (C=O) groups excluding carboxylic acids is 2. The largest absolute Gasteiger partial charge is 0.496 e. The first-order valence-electron chi connectivity index (χ1n) is 9.55. The summed E-state index contributed by atoms with van der Waals surface area (Å²) >= 11 is 0. The molecule has 0 atom stereocenters. The molecular formula is C22H26N2O5. The number of anilines is 2. The summed E-state index contributed by atoms with van der Waals surface area (Å²) in [7, 11) is 3.01. The van der Waals surface area contributed by atoms with E-state index in [0.717, 1.165) is 18.5 Å². The van der Waals surface area contributed by atoms with Crippen LogP contribution in [0.2, 0.25) is 0 Å². The zero-order chi connectivity index (χ0) is 20.8. The SMILES string of the molecule is COc1cccc(OC)c1C(=O)Nc1ccc(N(C(C)=O)C2CCOCC2)cc1. The van der Waals surface area contributed by atoms with Crippen molar-refractivity contribution in [2.24, 2.45) is 0 Å². The van der Waals surface area contributed by atoms with E-state index in [1.807, 2.05) is 12.1 Å². The molecule has 0 aromatic heterocycles. The van der Waals surface area contributed by atoms with Gasteiger partial charge in [0.05, 0.1) is 14.2 Å². The molecule has 1 N–H and O–H groups in total. The molecule has 29 heavy (non-hydrogen) atoms. The highest BCUT2D eigenvalue weighted by molar-refractivity contribution is 6.08. The fourth-order valence-electron chi connectivity index (χ4n) is 3.57. The molecule has 2 aromatic rings. The van der Waals surface area contributed by atoms with Crippen LogP contribution in [-0.2, 0) is 9.53 Å². The van der Waals surface area contributed by atoms with Gasteiger partial charge in [-0.2, -0.15) is 0 Å². The van der Waals surface area contributed by atoms with E-state index >= 15 is 0 Å². The Hall–Kier alpha value is -3.06. The van der Waals surface area contributed by atoms with Crippen molar-refractivity contribution in [3.05, 3.63) is 48.0 Å². The Morgan fingerprint density at radius 2 is 1.59 bits per heavy atom. The normalized spacial score (nSPS) is 14.2. The standard InChI is InChI=1S/C22H26N2O5/c1-15(25)24(18-11-13-29-14-12-18)17-9-7-16(8-10-17)23-22(26)21-19(27-2)5-4-6-20(21)28-3/h4-10,18H,11-14H2,1-3H3,(H,23,26). The van der Waals surface area contributed by atoms with Crippen LogP contribution in [0.5, 0.6) is 11.5 Å². The van der Waals surface area contributed by atoms with E-state index in [-0.39, 0.29) is 17.9 Å². The molecule has 154 valence electrons. The molecule has 0 aliphatic carbocycles. The Labute approximate surface area is 170 Å². The van der Waals surface area contributed by atoms with E-state index in [9.17, 15) is 9.59 Å².